The molecule has 0 spiro atoms. The lowest BCUT2D eigenvalue weighted by Crippen LogP contribution is -2.26. The molecule has 2 aliphatic rings. The van der Waals surface area contributed by atoms with Crippen molar-refractivity contribution in [3.8, 4) is 5.88 Å². The van der Waals surface area contributed by atoms with Crippen molar-refractivity contribution >= 4 is 10.9 Å². The first kappa shape index (κ1) is 21.4. The summed E-state index contributed by atoms with van der Waals surface area (Å²) in [6, 6.07) is 0. The summed E-state index contributed by atoms with van der Waals surface area (Å²) in [5.74, 6) is 1.84. The van der Waals surface area contributed by atoms with Crippen LogP contribution in [0.5, 0.6) is 5.88 Å². The van der Waals surface area contributed by atoms with Gasteiger partial charge in [0.1, 0.15) is 11.9 Å². The molecule has 1 atom stereocenters. The van der Waals surface area contributed by atoms with Gasteiger partial charge in [0.15, 0.2) is 0 Å². The molecule has 0 amide bonds. The van der Waals surface area contributed by atoms with Crippen molar-refractivity contribution < 1.29 is 19.0 Å². The Morgan fingerprint density at radius 3 is 2.63 bits per heavy atom. The fraction of sp³-hybridized carbons (Fsp3) is 0.696. The number of hydrogen-bond donors (Lipinski definition) is 1. The molecule has 2 aromatic rings. The Hall–Kier alpha value is -1.86. The van der Waals surface area contributed by atoms with Crippen LogP contribution in [0.25, 0.3) is 10.9 Å². The number of ether oxygens (including phenoxy) is 2. The molecular weight excluding hydrogens is 385 g/mol. The van der Waals surface area contributed by atoms with Gasteiger partial charge in [0, 0.05) is 37.2 Å². The molecule has 6 nitrogen and oxygen atoms in total. The maximum Gasteiger partial charge on any atom is 0.224 e. The average molecular weight is 418 g/mol. The lowest BCUT2D eigenvalue weighted by Gasteiger charge is -2.27. The second-order valence-electron chi connectivity index (χ2n) is 8.79. The Kier molecular flexibility index (Phi) is 7.10. The van der Waals surface area contributed by atoms with Crippen LogP contribution in [0.1, 0.15) is 69.2 Å². The van der Waals surface area contributed by atoms with E-state index in [1.165, 1.54) is 0 Å². The molecule has 1 saturated heterocycles. The van der Waals surface area contributed by atoms with Gasteiger partial charge < -0.3 is 14.6 Å². The Labute approximate surface area is 177 Å². The normalized spacial score (nSPS) is 24.1. The van der Waals surface area contributed by atoms with Crippen LogP contribution in [0.3, 0.4) is 0 Å². The van der Waals surface area contributed by atoms with Crippen molar-refractivity contribution in [1.29, 1.82) is 0 Å². The molecule has 30 heavy (non-hydrogen) atoms. The van der Waals surface area contributed by atoms with Crippen LogP contribution in [-0.2, 0) is 11.2 Å². The predicted octanol–water partition coefficient (Wildman–Crippen LogP) is 4.14. The molecule has 0 radical (unpaired) electrons. The first-order valence-electron chi connectivity index (χ1n) is 11.3. The van der Waals surface area contributed by atoms with E-state index < -0.39 is 0 Å². The molecule has 164 valence electrons. The number of halogens is 1. The largest absolute Gasteiger partial charge is 0.474 e. The van der Waals surface area contributed by atoms with E-state index in [1.807, 2.05) is 19.3 Å². The average Bonchev–Trinajstić information content (AvgIpc) is 2.75. The summed E-state index contributed by atoms with van der Waals surface area (Å²) in [6.45, 7) is 3.12. The molecule has 2 fully saturated rings. The van der Waals surface area contributed by atoms with Gasteiger partial charge in [-0.05, 0) is 43.9 Å². The second-order valence-corrected chi connectivity index (χ2v) is 8.79. The molecule has 1 N–H and O–H groups in total. The van der Waals surface area contributed by atoms with E-state index in [2.05, 4.69) is 9.97 Å². The molecule has 0 bridgehead atoms. The zero-order valence-corrected chi connectivity index (χ0v) is 17.7. The Balaban J connectivity index is 1.67. The van der Waals surface area contributed by atoms with Gasteiger partial charge in [-0.2, -0.15) is 0 Å². The molecule has 1 saturated carbocycles. The molecule has 2 aromatic heterocycles. The lowest BCUT2D eigenvalue weighted by atomic mass is 9.82. The highest BCUT2D eigenvalue weighted by Gasteiger charge is 2.26. The van der Waals surface area contributed by atoms with Crippen LogP contribution in [0.4, 0.5) is 4.39 Å². The first-order valence-corrected chi connectivity index (χ1v) is 11.3. The van der Waals surface area contributed by atoms with E-state index in [0.29, 0.717) is 37.9 Å². The summed E-state index contributed by atoms with van der Waals surface area (Å²) >= 11 is 0. The van der Waals surface area contributed by atoms with Crippen molar-refractivity contribution in [2.75, 3.05) is 19.9 Å². The van der Waals surface area contributed by atoms with Crippen molar-refractivity contribution in [2.24, 2.45) is 5.92 Å². The quantitative estimate of drug-likeness (QED) is 0.730. The topological polar surface area (TPSA) is 77.4 Å². The Morgan fingerprint density at radius 2 is 1.90 bits per heavy atom. The maximum absolute atomic E-state index is 12.7. The molecule has 1 aliphatic heterocycles. The monoisotopic (exact) mass is 417 g/mol. The van der Waals surface area contributed by atoms with Crippen molar-refractivity contribution in [2.45, 2.75) is 76.4 Å². The minimum absolute atomic E-state index is 0.0920. The molecule has 3 heterocycles. The number of rotatable bonds is 7. The number of aromatic nitrogens is 3. The lowest BCUT2D eigenvalue weighted by molar-refractivity contribution is 0.0244. The number of fused-ring (bicyclic) bond motifs is 1. The molecule has 0 unspecified atom stereocenters. The SMILES string of the molecule is C[C@@H](CCF)Cc1ncc2c(OC3CCOCC3)ncc(C3CCC(O)CC3)c2n1. The Bertz CT molecular complexity index is 836. The number of aliphatic hydroxyl groups excluding tert-OH is 1. The first-order chi connectivity index (χ1) is 14.6. The molecule has 7 heteroatoms. The van der Waals surface area contributed by atoms with Gasteiger partial charge in [-0.25, -0.2) is 15.0 Å². The van der Waals surface area contributed by atoms with E-state index in [9.17, 15) is 9.50 Å². The van der Waals surface area contributed by atoms with Crippen LogP contribution in [0, 0.1) is 5.92 Å². The highest BCUT2D eigenvalue weighted by Crippen LogP contribution is 2.37. The minimum atomic E-state index is -0.322. The molecule has 0 aromatic carbocycles. The number of nitrogens with zero attached hydrogens (tertiary/aromatic N) is 3. The van der Waals surface area contributed by atoms with Gasteiger partial charge in [-0.1, -0.05) is 6.92 Å². The van der Waals surface area contributed by atoms with Crippen molar-refractivity contribution in [3.63, 3.8) is 0 Å². The summed E-state index contributed by atoms with van der Waals surface area (Å²) in [5, 5.41) is 10.7. The highest BCUT2D eigenvalue weighted by molar-refractivity contribution is 5.85. The van der Waals surface area contributed by atoms with Gasteiger partial charge in [0.2, 0.25) is 5.88 Å². The van der Waals surface area contributed by atoms with Crippen LogP contribution in [-0.4, -0.2) is 52.2 Å². The number of alkyl halides is 1. The molecular formula is C23H32FN3O3. The zero-order chi connectivity index (χ0) is 20.9. The van der Waals surface area contributed by atoms with E-state index in [4.69, 9.17) is 14.5 Å². The zero-order valence-electron chi connectivity index (χ0n) is 17.7. The second kappa shape index (κ2) is 9.96. The van der Waals surface area contributed by atoms with Gasteiger partial charge in [-0.15, -0.1) is 0 Å². The standard InChI is InChI=1S/C23H32FN3O3/c1-15(6-9-24)12-21-25-14-20-22(27-21)19(16-2-4-17(28)5-3-16)13-26-23(20)30-18-7-10-29-11-8-18/h13-18,28H,2-12H2,1H3/t15-,16?,17?/m0/s1. The van der Waals surface area contributed by atoms with E-state index >= 15 is 0 Å². The van der Waals surface area contributed by atoms with Gasteiger partial charge in [0.05, 0.1) is 36.9 Å². The highest BCUT2D eigenvalue weighted by atomic mass is 19.1. The van der Waals surface area contributed by atoms with Crippen LogP contribution >= 0.6 is 0 Å². The maximum atomic E-state index is 12.7. The molecule has 1 aliphatic carbocycles. The Morgan fingerprint density at radius 1 is 1.13 bits per heavy atom. The fourth-order valence-electron chi connectivity index (χ4n) is 4.48. The third-order valence-corrected chi connectivity index (χ3v) is 6.38. The smallest absolute Gasteiger partial charge is 0.224 e. The summed E-state index contributed by atoms with van der Waals surface area (Å²) in [5.41, 5.74) is 2.00. The predicted molar refractivity (Wildman–Crippen MR) is 112 cm³/mol. The fourth-order valence-corrected chi connectivity index (χ4v) is 4.48. The molecule has 4 rings (SSSR count). The third-order valence-electron chi connectivity index (χ3n) is 6.38. The third kappa shape index (κ3) is 5.06. The summed E-state index contributed by atoms with van der Waals surface area (Å²) in [4.78, 5) is 14.1. The van der Waals surface area contributed by atoms with Crippen LogP contribution in [0.15, 0.2) is 12.4 Å². The van der Waals surface area contributed by atoms with E-state index in [0.717, 1.165) is 60.8 Å². The summed E-state index contributed by atoms with van der Waals surface area (Å²) in [6.07, 6.45) is 9.95. The number of hydrogen-bond acceptors (Lipinski definition) is 6. The van der Waals surface area contributed by atoms with Crippen LogP contribution in [0.2, 0.25) is 0 Å². The van der Waals surface area contributed by atoms with E-state index in [1.54, 1.807) is 0 Å². The van der Waals surface area contributed by atoms with Crippen LogP contribution < -0.4 is 4.74 Å². The van der Waals surface area contributed by atoms with Gasteiger partial charge in [-0.3, -0.25) is 4.39 Å². The van der Waals surface area contributed by atoms with E-state index in [-0.39, 0.29) is 24.8 Å². The number of aliphatic hydroxyl groups is 1. The minimum Gasteiger partial charge on any atom is -0.474 e. The van der Waals surface area contributed by atoms with Crippen molar-refractivity contribution in [1.82, 2.24) is 15.0 Å². The van der Waals surface area contributed by atoms with Crippen molar-refractivity contribution in [3.05, 3.63) is 23.8 Å². The van der Waals surface area contributed by atoms with Gasteiger partial charge >= 0.3 is 0 Å². The van der Waals surface area contributed by atoms with Gasteiger partial charge in [0.25, 0.3) is 0 Å². The summed E-state index contributed by atoms with van der Waals surface area (Å²) in [7, 11) is 0. The number of pyridine rings is 1. The summed E-state index contributed by atoms with van der Waals surface area (Å²) < 4.78 is 24.4.